The summed E-state index contributed by atoms with van der Waals surface area (Å²) in [5.41, 5.74) is 2.45. The number of hydrogen-bond donors (Lipinski definition) is 0. The minimum Gasteiger partial charge on any atom is -0.461 e. The van der Waals surface area contributed by atoms with E-state index in [1.165, 1.54) is 11.3 Å². The van der Waals surface area contributed by atoms with Gasteiger partial charge in [0.1, 0.15) is 0 Å². The molecule has 0 saturated heterocycles. The number of rotatable bonds is 6. The Kier molecular flexibility index (Phi) is 5.06. The molecule has 3 aromatic rings. The van der Waals surface area contributed by atoms with Crippen LogP contribution in [0.3, 0.4) is 0 Å². The van der Waals surface area contributed by atoms with Crippen molar-refractivity contribution in [3.63, 3.8) is 0 Å². The molecule has 0 aliphatic heterocycles. The molecule has 0 unspecified atom stereocenters. The first-order valence-corrected chi connectivity index (χ1v) is 8.49. The van der Waals surface area contributed by atoms with Gasteiger partial charge in [-0.3, -0.25) is 4.90 Å². The topological polar surface area (TPSA) is 42.4 Å². The predicted octanol–water partition coefficient (Wildman–Crippen LogP) is 3.37. The van der Waals surface area contributed by atoms with Gasteiger partial charge >= 0.3 is 0 Å². The van der Waals surface area contributed by atoms with E-state index in [-0.39, 0.29) is 0 Å². The van der Waals surface area contributed by atoms with Crippen molar-refractivity contribution < 1.29 is 4.42 Å². The summed E-state index contributed by atoms with van der Waals surface area (Å²) in [6.07, 6.45) is 1.64. The van der Waals surface area contributed by atoms with E-state index in [4.69, 9.17) is 16.6 Å². The van der Waals surface area contributed by atoms with E-state index in [1.54, 1.807) is 6.26 Å². The fraction of sp³-hybridized carbons (Fsp3) is 0.333. The van der Waals surface area contributed by atoms with Gasteiger partial charge in [-0.15, -0.1) is 5.10 Å². The van der Waals surface area contributed by atoms with Crippen LogP contribution in [0.1, 0.15) is 5.56 Å². The largest absolute Gasteiger partial charge is 0.461 e. The molecule has 0 radical (unpaired) electrons. The van der Waals surface area contributed by atoms with Crippen LogP contribution >= 0.6 is 12.2 Å². The summed E-state index contributed by atoms with van der Waals surface area (Å²) in [5.74, 6) is 1.45. The average Bonchev–Trinajstić information content (AvgIpc) is 3.19. The quantitative estimate of drug-likeness (QED) is 0.633. The Hall–Kier alpha value is -2.38. The second-order valence-electron chi connectivity index (χ2n) is 6.36. The first kappa shape index (κ1) is 17.4. The van der Waals surface area contributed by atoms with E-state index in [0.29, 0.717) is 17.2 Å². The van der Waals surface area contributed by atoms with Gasteiger partial charge < -0.3 is 13.9 Å². The highest BCUT2D eigenvalue weighted by molar-refractivity contribution is 7.71. The van der Waals surface area contributed by atoms with E-state index in [0.717, 1.165) is 12.4 Å². The third-order valence-corrected chi connectivity index (χ3v) is 4.55. The Balaban J connectivity index is 1.72. The molecule has 132 valence electrons. The van der Waals surface area contributed by atoms with Crippen LogP contribution < -0.4 is 4.90 Å². The molecule has 3 rings (SSSR count). The van der Waals surface area contributed by atoms with Crippen molar-refractivity contribution in [3.05, 3.63) is 53.0 Å². The van der Waals surface area contributed by atoms with Gasteiger partial charge in [0.2, 0.25) is 0 Å². The summed E-state index contributed by atoms with van der Waals surface area (Å²) in [4.78, 5) is 4.27. The maximum atomic E-state index is 5.51. The van der Waals surface area contributed by atoms with Crippen molar-refractivity contribution in [1.82, 2.24) is 19.2 Å². The van der Waals surface area contributed by atoms with Gasteiger partial charge in [0.15, 0.2) is 16.4 Å². The van der Waals surface area contributed by atoms with Crippen molar-refractivity contribution in [2.45, 2.75) is 13.2 Å². The second kappa shape index (κ2) is 7.25. The van der Waals surface area contributed by atoms with Crippen LogP contribution in [0.25, 0.3) is 11.6 Å². The highest BCUT2D eigenvalue weighted by Crippen LogP contribution is 2.18. The normalized spacial score (nSPS) is 11.2. The Bertz CT molecular complexity index is 877. The average molecular weight is 357 g/mol. The Morgan fingerprint density at radius 3 is 2.44 bits per heavy atom. The smallest absolute Gasteiger partial charge is 0.199 e. The zero-order chi connectivity index (χ0) is 18.0. The highest BCUT2D eigenvalue weighted by atomic mass is 32.1. The van der Waals surface area contributed by atoms with E-state index >= 15 is 0 Å². The van der Waals surface area contributed by atoms with Crippen LogP contribution in [0.5, 0.6) is 0 Å². The molecule has 0 bridgehead atoms. The molecular formula is C18H23N5OS. The monoisotopic (exact) mass is 357 g/mol. The molecule has 6 nitrogen and oxygen atoms in total. The maximum absolute atomic E-state index is 5.51. The SMILES string of the molecule is CN(Cc1ccc(N(C)C)cc1)Cn1nc(-c2ccco2)n(C)c1=S. The zero-order valence-electron chi connectivity index (χ0n) is 15.0. The van der Waals surface area contributed by atoms with Crippen molar-refractivity contribution in [3.8, 4) is 11.6 Å². The van der Waals surface area contributed by atoms with Gasteiger partial charge in [-0.25, -0.2) is 4.68 Å². The summed E-state index contributed by atoms with van der Waals surface area (Å²) in [6.45, 7) is 1.44. The van der Waals surface area contributed by atoms with Crippen LogP contribution in [0.4, 0.5) is 5.69 Å². The van der Waals surface area contributed by atoms with Gasteiger partial charge in [0.05, 0.1) is 12.9 Å². The summed E-state index contributed by atoms with van der Waals surface area (Å²) < 4.78 is 9.80. The van der Waals surface area contributed by atoms with Crippen LogP contribution in [0.15, 0.2) is 47.1 Å². The third kappa shape index (κ3) is 3.83. The molecule has 0 aliphatic rings. The van der Waals surface area contributed by atoms with Gasteiger partial charge in [-0.2, -0.15) is 0 Å². The minimum atomic E-state index is 0.614. The lowest BCUT2D eigenvalue weighted by Crippen LogP contribution is -2.22. The Labute approximate surface area is 152 Å². The highest BCUT2D eigenvalue weighted by Gasteiger charge is 2.13. The maximum Gasteiger partial charge on any atom is 0.199 e. The summed E-state index contributed by atoms with van der Waals surface area (Å²) in [6, 6.07) is 12.3. The lowest BCUT2D eigenvalue weighted by atomic mass is 10.2. The number of nitrogens with zero attached hydrogens (tertiary/aromatic N) is 5. The molecule has 0 N–H and O–H groups in total. The molecular weight excluding hydrogens is 334 g/mol. The van der Waals surface area contributed by atoms with Crippen LogP contribution in [0, 0.1) is 4.77 Å². The van der Waals surface area contributed by atoms with Gasteiger partial charge in [0.25, 0.3) is 0 Å². The van der Waals surface area contributed by atoms with E-state index in [1.807, 2.05) is 42.5 Å². The Morgan fingerprint density at radius 2 is 1.84 bits per heavy atom. The van der Waals surface area contributed by atoms with E-state index in [9.17, 15) is 0 Å². The number of anilines is 1. The minimum absolute atomic E-state index is 0.614. The van der Waals surface area contributed by atoms with Gasteiger partial charge in [0, 0.05) is 33.4 Å². The van der Waals surface area contributed by atoms with Crippen molar-refractivity contribution in [2.75, 3.05) is 26.0 Å². The molecule has 7 heteroatoms. The molecule has 0 saturated carbocycles. The number of furan rings is 1. The molecule has 2 aromatic heterocycles. The fourth-order valence-electron chi connectivity index (χ4n) is 2.69. The summed E-state index contributed by atoms with van der Waals surface area (Å²) in [7, 11) is 8.05. The molecule has 0 amide bonds. The predicted molar refractivity (Wildman–Crippen MR) is 102 cm³/mol. The van der Waals surface area contributed by atoms with Crippen molar-refractivity contribution in [2.24, 2.45) is 7.05 Å². The number of hydrogen-bond acceptors (Lipinski definition) is 5. The lowest BCUT2D eigenvalue weighted by Gasteiger charge is -2.17. The standard InChI is InChI=1S/C18H23N5OS/c1-20(2)15-9-7-14(8-10-15)12-21(3)13-23-18(25)22(4)17(19-23)16-6-5-11-24-16/h5-11H,12-13H2,1-4H3. The van der Waals surface area contributed by atoms with Gasteiger partial charge in [-0.05, 0) is 49.1 Å². The van der Waals surface area contributed by atoms with Crippen molar-refractivity contribution in [1.29, 1.82) is 0 Å². The van der Waals surface area contributed by atoms with Crippen LogP contribution in [-0.4, -0.2) is 40.4 Å². The molecule has 0 spiro atoms. The van der Waals surface area contributed by atoms with E-state index < -0.39 is 0 Å². The summed E-state index contributed by atoms with van der Waals surface area (Å²) >= 11 is 5.51. The number of benzene rings is 1. The van der Waals surface area contributed by atoms with Crippen LogP contribution in [-0.2, 0) is 20.3 Å². The van der Waals surface area contributed by atoms with E-state index in [2.05, 4.69) is 46.2 Å². The zero-order valence-corrected chi connectivity index (χ0v) is 15.8. The fourth-order valence-corrected chi connectivity index (χ4v) is 2.88. The third-order valence-electron chi connectivity index (χ3n) is 4.06. The lowest BCUT2D eigenvalue weighted by molar-refractivity contribution is 0.244. The van der Waals surface area contributed by atoms with Crippen LogP contribution in [0.2, 0.25) is 0 Å². The first-order valence-electron chi connectivity index (χ1n) is 8.08. The van der Waals surface area contributed by atoms with Gasteiger partial charge in [-0.1, -0.05) is 12.1 Å². The number of aromatic nitrogens is 3. The molecule has 25 heavy (non-hydrogen) atoms. The first-order chi connectivity index (χ1) is 12.0. The molecule has 2 heterocycles. The Morgan fingerprint density at radius 1 is 1.12 bits per heavy atom. The summed E-state index contributed by atoms with van der Waals surface area (Å²) in [5, 5.41) is 4.60. The second-order valence-corrected chi connectivity index (χ2v) is 6.72. The molecule has 0 fully saturated rings. The molecule has 1 aromatic carbocycles. The molecule has 0 atom stereocenters. The molecule has 0 aliphatic carbocycles. The van der Waals surface area contributed by atoms with Crippen molar-refractivity contribution >= 4 is 17.9 Å².